The van der Waals surface area contributed by atoms with E-state index in [0.29, 0.717) is 6.42 Å². The second-order valence-electron chi connectivity index (χ2n) is 6.89. The molecule has 2 rings (SSSR count). The molecule has 0 fully saturated rings. The van der Waals surface area contributed by atoms with Crippen molar-refractivity contribution in [2.45, 2.75) is 51.8 Å². The topological polar surface area (TPSA) is 85.4 Å². The van der Waals surface area contributed by atoms with E-state index in [-0.39, 0.29) is 28.8 Å². The fraction of sp³-hybridized carbons (Fsp3) is 0.450. The summed E-state index contributed by atoms with van der Waals surface area (Å²) in [6, 6.07) is 3.33. The maximum absolute atomic E-state index is 12.4. The monoisotopic (exact) mass is 570 g/mol. The van der Waals surface area contributed by atoms with Gasteiger partial charge in [0.15, 0.2) is 6.61 Å². The predicted molar refractivity (Wildman–Crippen MR) is 115 cm³/mol. The van der Waals surface area contributed by atoms with E-state index < -0.39 is 49.4 Å². The molecular formula is C20H20ClF9N4O3. The van der Waals surface area contributed by atoms with Gasteiger partial charge in [0.25, 0.3) is 0 Å². The average molecular weight is 571 g/mol. The molecule has 2 N–H and O–H groups in total. The van der Waals surface area contributed by atoms with Crippen LogP contribution in [0.15, 0.2) is 24.3 Å². The number of nitrogens with zero attached hydrogens (tertiary/aromatic N) is 2. The summed E-state index contributed by atoms with van der Waals surface area (Å²) in [5.41, 5.74) is 0.267. The molecule has 0 radical (unpaired) electrons. The zero-order chi connectivity index (χ0) is 28.4. The van der Waals surface area contributed by atoms with Gasteiger partial charge in [-0.2, -0.15) is 31.3 Å². The van der Waals surface area contributed by atoms with Crippen LogP contribution in [0.2, 0.25) is 5.02 Å². The number of carbonyl (C=O) groups excluding carboxylic acids is 1. The number of benzene rings is 1. The van der Waals surface area contributed by atoms with Gasteiger partial charge in [-0.25, -0.2) is 9.78 Å². The Kier molecular flexibility index (Phi) is 11.5. The van der Waals surface area contributed by atoms with Gasteiger partial charge >= 0.3 is 24.7 Å². The minimum Gasteiger partial charge on any atom is -0.467 e. The summed E-state index contributed by atoms with van der Waals surface area (Å²) < 4.78 is 114. The van der Waals surface area contributed by atoms with Crippen molar-refractivity contribution in [2.24, 2.45) is 0 Å². The largest absolute Gasteiger partial charge is 0.573 e. The second-order valence-corrected chi connectivity index (χ2v) is 7.26. The van der Waals surface area contributed by atoms with Crippen molar-refractivity contribution in [3.63, 3.8) is 0 Å². The molecule has 37 heavy (non-hydrogen) atoms. The van der Waals surface area contributed by atoms with Gasteiger partial charge in [0.05, 0.1) is 5.69 Å². The lowest BCUT2D eigenvalue weighted by Gasteiger charge is -2.14. The SMILES string of the molecule is CCC(F)(F)F.CCCc1nc(NC(=O)Nc2ccc(OC(F)(F)F)cc2)nc(OCC(F)(F)F)c1Cl. The smallest absolute Gasteiger partial charge is 0.467 e. The van der Waals surface area contributed by atoms with Gasteiger partial charge in [0, 0.05) is 12.1 Å². The standard InChI is InChI=1S/C17H15ClF6N4O3.C3H5F3/c1-2-3-11-12(18)13(30-8-16(19,20)21)27-14(26-11)28-15(29)25-9-4-6-10(7-5-9)31-17(22,23)24;1-2-3(4,5)6/h4-7H,2-3,8H2,1H3,(H2,25,26,27,28,29);2H2,1H3. The van der Waals surface area contributed by atoms with E-state index in [0.717, 1.165) is 31.2 Å². The van der Waals surface area contributed by atoms with Gasteiger partial charge < -0.3 is 14.8 Å². The summed E-state index contributed by atoms with van der Waals surface area (Å²) >= 11 is 5.98. The number of hydrogen-bond donors (Lipinski definition) is 2. The Morgan fingerprint density at radius 1 is 0.919 bits per heavy atom. The highest BCUT2D eigenvalue weighted by molar-refractivity contribution is 6.32. The number of nitrogens with one attached hydrogen (secondary N) is 2. The fourth-order valence-corrected chi connectivity index (χ4v) is 2.41. The van der Waals surface area contributed by atoms with E-state index in [2.05, 4.69) is 30.1 Å². The predicted octanol–water partition coefficient (Wildman–Crippen LogP) is 7.52. The van der Waals surface area contributed by atoms with Crippen LogP contribution < -0.4 is 20.1 Å². The molecular weight excluding hydrogens is 551 g/mol. The Morgan fingerprint density at radius 2 is 1.49 bits per heavy atom. The van der Waals surface area contributed by atoms with Crippen LogP contribution in [0.4, 0.5) is 55.9 Å². The molecule has 208 valence electrons. The first-order valence-electron chi connectivity index (χ1n) is 10.2. The van der Waals surface area contributed by atoms with Crippen LogP contribution >= 0.6 is 11.6 Å². The number of hydrogen-bond acceptors (Lipinski definition) is 5. The number of anilines is 2. The molecule has 2 amide bonds. The van der Waals surface area contributed by atoms with Crippen molar-refractivity contribution in [1.29, 1.82) is 0 Å². The summed E-state index contributed by atoms with van der Waals surface area (Å²) in [4.78, 5) is 19.8. The maximum Gasteiger partial charge on any atom is 0.573 e. The molecule has 1 heterocycles. The highest BCUT2D eigenvalue weighted by Crippen LogP contribution is 2.29. The molecule has 0 bridgehead atoms. The number of aromatic nitrogens is 2. The summed E-state index contributed by atoms with van der Waals surface area (Å²) in [5.74, 6) is -1.42. The number of amides is 2. The molecule has 0 atom stereocenters. The molecule has 0 unspecified atom stereocenters. The maximum atomic E-state index is 12.4. The Hall–Kier alpha value is -3.17. The van der Waals surface area contributed by atoms with Gasteiger partial charge in [0.2, 0.25) is 11.8 Å². The van der Waals surface area contributed by atoms with Crippen molar-refractivity contribution in [1.82, 2.24) is 9.97 Å². The molecule has 17 heteroatoms. The van der Waals surface area contributed by atoms with Crippen molar-refractivity contribution < 1.29 is 53.8 Å². The third kappa shape index (κ3) is 13.6. The second kappa shape index (κ2) is 13.4. The lowest BCUT2D eigenvalue weighted by molar-refractivity contribution is -0.274. The molecule has 7 nitrogen and oxygen atoms in total. The summed E-state index contributed by atoms with van der Waals surface area (Å²) in [5, 5.41) is 4.29. The van der Waals surface area contributed by atoms with E-state index >= 15 is 0 Å². The van der Waals surface area contributed by atoms with Gasteiger partial charge in [-0.05, 0) is 30.7 Å². The molecule has 0 aliphatic carbocycles. The third-order valence-electron chi connectivity index (χ3n) is 3.72. The summed E-state index contributed by atoms with van der Waals surface area (Å²) in [6.45, 7) is 1.22. The first-order valence-corrected chi connectivity index (χ1v) is 10.6. The van der Waals surface area contributed by atoms with E-state index in [9.17, 15) is 44.3 Å². The number of aryl methyl sites for hydroxylation is 1. The first kappa shape index (κ1) is 31.9. The molecule has 1 aromatic heterocycles. The molecule has 0 spiro atoms. The Bertz CT molecular complexity index is 1010. The number of urea groups is 1. The van der Waals surface area contributed by atoms with Crippen LogP contribution in [-0.2, 0) is 6.42 Å². The van der Waals surface area contributed by atoms with Crippen LogP contribution in [0.25, 0.3) is 0 Å². The van der Waals surface area contributed by atoms with Crippen LogP contribution in [0.5, 0.6) is 11.6 Å². The number of carbonyl (C=O) groups is 1. The minimum absolute atomic E-state index is 0.100. The van der Waals surface area contributed by atoms with Gasteiger partial charge in [0.1, 0.15) is 10.8 Å². The molecule has 0 aliphatic rings. The normalized spacial score (nSPS) is 11.8. The molecule has 1 aromatic carbocycles. The Morgan fingerprint density at radius 3 is 1.95 bits per heavy atom. The molecule has 0 saturated carbocycles. The van der Waals surface area contributed by atoms with E-state index in [1.165, 1.54) is 0 Å². The van der Waals surface area contributed by atoms with Crippen molar-refractivity contribution in [2.75, 3.05) is 17.2 Å². The molecule has 2 aromatic rings. The number of halogens is 10. The van der Waals surface area contributed by atoms with Gasteiger partial charge in [-0.3, -0.25) is 5.32 Å². The zero-order valence-electron chi connectivity index (χ0n) is 19.0. The first-order chi connectivity index (χ1) is 16.9. The third-order valence-corrected chi connectivity index (χ3v) is 4.10. The Balaban J connectivity index is 0.00000102. The highest BCUT2D eigenvalue weighted by Gasteiger charge is 2.31. The van der Waals surface area contributed by atoms with Crippen molar-refractivity contribution in [3.05, 3.63) is 35.0 Å². The summed E-state index contributed by atoms with van der Waals surface area (Å²) in [7, 11) is 0. The quantitative estimate of drug-likeness (QED) is 0.336. The van der Waals surface area contributed by atoms with E-state index in [4.69, 9.17) is 11.6 Å². The molecule has 0 saturated heterocycles. The number of rotatable bonds is 7. The molecule has 0 aliphatic heterocycles. The number of alkyl halides is 9. The van der Waals surface area contributed by atoms with Crippen molar-refractivity contribution in [3.8, 4) is 11.6 Å². The lowest BCUT2D eigenvalue weighted by atomic mass is 10.2. The van der Waals surface area contributed by atoms with Crippen LogP contribution in [0.3, 0.4) is 0 Å². The van der Waals surface area contributed by atoms with Gasteiger partial charge in [-0.1, -0.05) is 31.9 Å². The van der Waals surface area contributed by atoms with Crippen molar-refractivity contribution >= 4 is 29.3 Å². The van der Waals surface area contributed by atoms with Crippen LogP contribution in [0, 0.1) is 0 Å². The highest BCUT2D eigenvalue weighted by atomic mass is 35.5. The lowest BCUT2D eigenvalue weighted by Crippen LogP contribution is -2.23. The zero-order valence-corrected chi connectivity index (χ0v) is 19.8. The van der Waals surface area contributed by atoms with Crippen LogP contribution in [0.1, 0.15) is 32.4 Å². The fourth-order valence-electron chi connectivity index (χ4n) is 2.18. The van der Waals surface area contributed by atoms with E-state index in [1.54, 1.807) is 6.92 Å². The van der Waals surface area contributed by atoms with Crippen LogP contribution in [-0.4, -0.2) is 41.3 Å². The minimum atomic E-state index is -4.86. The summed E-state index contributed by atoms with van der Waals surface area (Å²) in [6.07, 6.45) is -13.4. The Labute approximate surface area is 209 Å². The number of ether oxygens (including phenoxy) is 2. The van der Waals surface area contributed by atoms with Gasteiger partial charge in [-0.15, -0.1) is 13.2 Å². The average Bonchev–Trinajstić information content (AvgIpc) is 2.75. The van der Waals surface area contributed by atoms with E-state index in [1.807, 2.05) is 0 Å².